The molecule has 0 aliphatic heterocycles. The first-order chi connectivity index (χ1) is 10.4. The van der Waals surface area contributed by atoms with E-state index in [9.17, 15) is 9.59 Å². The number of amides is 3. The lowest BCUT2D eigenvalue weighted by molar-refractivity contribution is 0.179. The number of benzene rings is 1. The van der Waals surface area contributed by atoms with Crippen LogP contribution in [-0.2, 0) is 4.74 Å². The summed E-state index contributed by atoms with van der Waals surface area (Å²) in [5, 5.41) is 5.42. The molecule has 0 fully saturated rings. The molecule has 1 atom stereocenters. The molecule has 1 aromatic carbocycles. The summed E-state index contributed by atoms with van der Waals surface area (Å²) in [7, 11) is 1.30. The van der Waals surface area contributed by atoms with Crippen molar-refractivity contribution < 1.29 is 14.3 Å². The van der Waals surface area contributed by atoms with Crippen LogP contribution in [0.5, 0.6) is 0 Å². The molecule has 0 saturated heterocycles. The second kappa shape index (κ2) is 8.26. The Bertz CT molecular complexity index is 517. The van der Waals surface area contributed by atoms with E-state index in [0.717, 1.165) is 0 Å². The minimum Gasteiger partial charge on any atom is -0.453 e. The second-order valence-electron chi connectivity index (χ2n) is 5.40. The molecule has 3 amide bonds. The fraction of sp³-hybridized carbons (Fsp3) is 0.500. The Hall–Kier alpha value is -2.24. The zero-order valence-corrected chi connectivity index (χ0v) is 13.8. The molecule has 122 valence electrons. The van der Waals surface area contributed by atoms with Crippen LogP contribution in [0.3, 0.4) is 0 Å². The predicted molar refractivity (Wildman–Crippen MR) is 88.2 cm³/mol. The standard InChI is InChI=1S/C16H25N3O3/c1-6-19(12(4)11(2)3)15(20)17-13-8-7-9-14(10-13)18-16(21)22-5/h7-12H,6H2,1-5H3,(H,17,20)(H,18,21)/t12-/m1/s1. The Kier molecular flexibility index (Phi) is 6.69. The van der Waals surface area contributed by atoms with Gasteiger partial charge in [0.25, 0.3) is 0 Å². The number of rotatable bonds is 5. The van der Waals surface area contributed by atoms with Gasteiger partial charge in [-0.2, -0.15) is 0 Å². The van der Waals surface area contributed by atoms with E-state index in [1.165, 1.54) is 7.11 Å². The van der Waals surface area contributed by atoms with E-state index in [2.05, 4.69) is 29.2 Å². The highest BCUT2D eigenvalue weighted by atomic mass is 16.5. The van der Waals surface area contributed by atoms with Crippen LogP contribution < -0.4 is 10.6 Å². The molecule has 0 bridgehead atoms. The third-order valence-corrected chi connectivity index (χ3v) is 3.60. The van der Waals surface area contributed by atoms with Gasteiger partial charge in [0.1, 0.15) is 0 Å². The lowest BCUT2D eigenvalue weighted by Gasteiger charge is -2.30. The quantitative estimate of drug-likeness (QED) is 0.870. The topological polar surface area (TPSA) is 70.7 Å². The summed E-state index contributed by atoms with van der Waals surface area (Å²) in [5.74, 6) is 0.373. The van der Waals surface area contributed by atoms with Crippen molar-refractivity contribution in [1.82, 2.24) is 4.90 Å². The van der Waals surface area contributed by atoms with Gasteiger partial charge in [-0.3, -0.25) is 5.32 Å². The number of urea groups is 1. The summed E-state index contributed by atoms with van der Waals surface area (Å²) < 4.78 is 4.54. The fourth-order valence-corrected chi connectivity index (χ4v) is 2.02. The Morgan fingerprint density at radius 3 is 2.27 bits per heavy atom. The van der Waals surface area contributed by atoms with Crippen LogP contribution in [0.2, 0.25) is 0 Å². The first kappa shape index (κ1) is 17.8. The number of ether oxygens (including phenoxy) is 1. The van der Waals surface area contributed by atoms with Crippen molar-refractivity contribution in [1.29, 1.82) is 0 Å². The number of anilines is 2. The number of nitrogens with one attached hydrogen (secondary N) is 2. The molecule has 0 heterocycles. The van der Waals surface area contributed by atoms with Crippen LogP contribution >= 0.6 is 0 Å². The molecule has 0 saturated carbocycles. The zero-order chi connectivity index (χ0) is 16.7. The van der Waals surface area contributed by atoms with Crippen molar-refractivity contribution in [2.45, 2.75) is 33.7 Å². The molecular formula is C16H25N3O3. The van der Waals surface area contributed by atoms with Gasteiger partial charge in [-0.25, -0.2) is 9.59 Å². The van der Waals surface area contributed by atoms with Gasteiger partial charge >= 0.3 is 12.1 Å². The molecule has 0 aliphatic carbocycles. The maximum atomic E-state index is 12.4. The number of hydrogen-bond acceptors (Lipinski definition) is 3. The molecule has 6 nitrogen and oxygen atoms in total. The minimum absolute atomic E-state index is 0.140. The van der Waals surface area contributed by atoms with Gasteiger partial charge in [0.15, 0.2) is 0 Å². The summed E-state index contributed by atoms with van der Waals surface area (Å²) in [4.78, 5) is 25.4. The Morgan fingerprint density at radius 1 is 1.18 bits per heavy atom. The second-order valence-corrected chi connectivity index (χ2v) is 5.40. The molecule has 2 N–H and O–H groups in total. The Morgan fingerprint density at radius 2 is 1.77 bits per heavy atom. The van der Waals surface area contributed by atoms with Crippen LogP contribution in [0.15, 0.2) is 24.3 Å². The number of methoxy groups -OCH3 is 1. The molecule has 0 aromatic heterocycles. The first-order valence-electron chi connectivity index (χ1n) is 7.41. The van der Waals surface area contributed by atoms with Gasteiger partial charge < -0.3 is 15.0 Å². The normalized spacial score (nSPS) is 11.7. The number of hydrogen-bond donors (Lipinski definition) is 2. The van der Waals surface area contributed by atoms with E-state index in [1.807, 2.05) is 13.8 Å². The van der Waals surface area contributed by atoms with Gasteiger partial charge in [-0.1, -0.05) is 19.9 Å². The minimum atomic E-state index is -0.549. The number of carbonyl (C=O) groups is 2. The van der Waals surface area contributed by atoms with Crippen LogP contribution in [0.25, 0.3) is 0 Å². The molecule has 22 heavy (non-hydrogen) atoms. The average Bonchev–Trinajstić information content (AvgIpc) is 2.47. The van der Waals surface area contributed by atoms with Crippen LogP contribution in [0.4, 0.5) is 21.0 Å². The molecular weight excluding hydrogens is 282 g/mol. The summed E-state index contributed by atoms with van der Waals surface area (Å²) in [6, 6.07) is 6.92. The van der Waals surface area contributed by atoms with Crippen molar-refractivity contribution in [2.24, 2.45) is 5.92 Å². The van der Waals surface area contributed by atoms with E-state index in [0.29, 0.717) is 23.8 Å². The molecule has 0 unspecified atom stereocenters. The number of carbonyl (C=O) groups excluding carboxylic acids is 2. The van der Waals surface area contributed by atoms with Crippen molar-refractivity contribution in [3.63, 3.8) is 0 Å². The summed E-state index contributed by atoms with van der Waals surface area (Å²) >= 11 is 0. The third-order valence-electron chi connectivity index (χ3n) is 3.60. The highest BCUT2D eigenvalue weighted by Crippen LogP contribution is 2.17. The summed E-state index contributed by atoms with van der Waals surface area (Å²) in [6.07, 6.45) is -0.549. The first-order valence-corrected chi connectivity index (χ1v) is 7.41. The SMILES string of the molecule is CCN(C(=O)Nc1cccc(NC(=O)OC)c1)[C@H](C)C(C)C. The van der Waals surface area contributed by atoms with Crippen LogP contribution in [0.1, 0.15) is 27.7 Å². The smallest absolute Gasteiger partial charge is 0.411 e. The average molecular weight is 307 g/mol. The van der Waals surface area contributed by atoms with E-state index in [4.69, 9.17) is 0 Å². The fourth-order valence-electron chi connectivity index (χ4n) is 2.02. The highest BCUT2D eigenvalue weighted by Gasteiger charge is 2.21. The monoisotopic (exact) mass is 307 g/mol. The lowest BCUT2D eigenvalue weighted by Crippen LogP contribution is -2.43. The molecule has 0 radical (unpaired) electrons. The van der Waals surface area contributed by atoms with Crippen molar-refractivity contribution >= 4 is 23.5 Å². The molecule has 0 spiro atoms. The molecule has 1 aromatic rings. The van der Waals surface area contributed by atoms with Gasteiger partial charge in [-0.15, -0.1) is 0 Å². The van der Waals surface area contributed by atoms with Crippen molar-refractivity contribution in [3.05, 3.63) is 24.3 Å². The third kappa shape index (κ3) is 4.95. The molecule has 0 aliphatic rings. The lowest BCUT2D eigenvalue weighted by atomic mass is 10.1. The zero-order valence-electron chi connectivity index (χ0n) is 13.8. The number of nitrogens with zero attached hydrogens (tertiary/aromatic N) is 1. The Balaban J connectivity index is 2.79. The molecule has 1 rings (SSSR count). The van der Waals surface area contributed by atoms with Crippen LogP contribution in [-0.4, -0.2) is 36.7 Å². The maximum Gasteiger partial charge on any atom is 0.411 e. The maximum absolute atomic E-state index is 12.4. The Labute approximate surface area is 131 Å². The van der Waals surface area contributed by atoms with Gasteiger partial charge in [0.05, 0.1) is 7.11 Å². The van der Waals surface area contributed by atoms with Crippen LogP contribution in [0, 0.1) is 5.92 Å². The highest BCUT2D eigenvalue weighted by molar-refractivity contribution is 5.91. The van der Waals surface area contributed by atoms with Crippen molar-refractivity contribution in [3.8, 4) is 0 Å². The van der Waals surface area contributed by atoms with E-state index in [-0.39, 0.29) is 12.1 Å². The van der Waals surface area contributed by atoms with E-state index in [1.54, 1.807) is 29.2 Å². The van der Waals surface area contributed by atoms with Gasteiger partial charge in [0, 0.05) is 24.0 Å². The van der Waals surface area contributed by atoms with Crippen molar-refractivity contribution in [2.75, 3.05) is 24.3 Å². The van der Waals surface area contributed by atoms with Gasteiger partial charge in [0.2, 0.25) is 0 Å². The summed E-state index contributed by atoms with van der Waals surface area (Å²) in [6.45, 7) is 8.78. The molecule has 6 heteroatoms. The largest absolute Gasteiger partial charge is 0.453 e. The van der Waals surface area contributed by atoms with E-state index >= 15 is 0 Å². The van der Waals surface area contributed by atoms with E-state index < -0.39 is 6.09 Å². The predicted octanol–water partition coefficient (Wildman–Crippen LogP) is 3.76. The summed E-state index contributed by atoms with van der Waals surface area (Å²) in [5.41, 5.74) is 1.18. The van der Waals surface area contributed by atoms with Gasteiger partial charge in [-0.05, 0) is 38.0 Å².